The molecule has 0 aliphatic heterocycles. The highest BCUT2D eigenvalue weighted by molar-refractivity contribution is 6.84. The Labute approximate surface area is 89.1 Å². The Hall–Kier alpha value is 0.571. The first kappa shape index (κ1) is 13.6. The number of hydrogen-bond acceptors (Lipinski definition) is 2. The quantitative estimate of drug-likeness (QED) is 0.665. The first-order valence-electron chi connectivity index (χ1n) is 5.01. The molecule has 0 saturated carbocycles. The number of hydrogen-bond donors (Lipinski definition) is 0. The van der Waals surface area contributed by atoms with Gasteiger partial charge in [-0.05, 0) is 20.1 Å². The smallest absolute Gasteiger partial charge is 0.173 e. The lowest BCUT2D eigenvalue weighted by Crippen LogP contribution is -2.58. The van der Waals surface area contributed by atoms with Crippen LogP contribution >= 0.6 is 0 Å². The van der Waals surface area contributed by atoms with Gasteiger partial charge in [0.15, 0.2) is 9.12 Å². The minimum absolute atomic E-state index is 0.227. The Morgan fingerprint density at radius 3 is 1.69 bits per heavy atom. The minimum atomic E-state index is -0.770. The Morgan fingerprint density at radius 1 is 1.08 bits per heavy atom. The number of nitrogens with zero attached hydrogens (tertiary/aromatic N) is 2. The van der Waals surface area contributed by atoms with E-state index >= 15 is 0 Å². The van der Waals surface area contributed by atoms with E-state index in [0.29, 0.717) is 0 Å². The van der Waals surface area contributed by atoms with Gasteiger partial charge in [-0.3, -0.25) is 0 Å². The van der Waals surface area contributed by atoms with Crippen molar-refractivity contribution in [1.29, 1.82) is 0 Å². The third kappa shape index (κ3) is 4.07. The van der Waals surface area contributed by atoms with Crippen molar-refractivity contribution in [3.05, 3.63) is 0 Å². The van der Waals surface area contributed by atoms with Crippen molar-refractivity contribution in [2.75, 3.05) is 13.6 Å². The van der Waals surface area contributed by atoms with Crippen molar-refractivity contribution in [3.63, 3.8) is 0 Å². The molecule has 13 heavy (non-hydrogen) atoms. The molecule has 0 aliphatic carbocycles. The van der Waals surface area contributed by atoms with Crippen LogP contribution in [0.25, 0.3) is 0 Å². The molecule has 0 aromatic rings. The Bertz CT molecular complexity index is 133. The summed E-state index contributed by atoms with van der Waals surface area (Å²) in [6.07, 6.45) is 0. The summed E-state index contributed by atoms with van der Waals surface area (Å²) in [5.74, 6) is 0. The monoisotopic (exact) mass is 232 g/mol. The zero-order chi connectivity index (χ0) is 10.6. The summed E-state index contributed by atoms with van der Waals surface area (Å²) in [7, 11) is 1.05. The van der Waals surface area contributed by atoms with Gasteiger partial charge in [-0.2, -0.15) is 0 Å². The second-order valence-electron chi connectivity index (χ2n) is 3.97. The van der Waals surface area contributed by atoms with Gasteiger partial charge in [0.25, 0.3) is 0 Å². The van der Waals surface area contributed by atoms with Gasteiger partial charge in [0.2, 0.25) is 0 Å². The standard InChI is InChI=1S/C8H24N2Si3/c1-8-9(2)13(7)10(11(3)4)12(5)6/h13H,8H2,1-7H3. The van der Waals surface area contributed by atoms with E-state index in [2.05, 4.69) is 55.2 Å². The van der Waals surface area contributed by atoms with E-state index in [4.69, 9.17) is 0 Å². The maximum atomic E-state index is 2.87. The molecule has 0 saturated heterocycles. The van der Waals surface area contributed by atoms with Crippen LogP contribution in [0.15, 0.2) is 0 Å². The maximum Gasteiger partial charge on any atom is 0.173 e. The van der Waals surface area contributed by atoms with Crippen LogP contribution in [0.2, 0.25) is 32.7 Å². The predicted octanol–water partition coefficient (Wildman–Crippen LogP) is 1.59. The molecule has 0 bridgehead atoms. The van der Waals surface area contributed by atoms with Crippen LogP contribution in [0.3, 0.4) is 0 Å². The number of rotatable bonds is 5. The second kappa shape index (κ2) is 6.13. The van der Waals surface area contributed by atoms with Crippen LogP contribution in [0.5, 0.6) is 0 Å². The normalized spacial score (nSPS) is 15.0. The summed E-state index contributed by atoms with van der Waals surface area (Å²) in [6, 6.07) is 0. The largest absolute Gasteiger partial charge is 0.361 e. The van der Waals surface area contributed by atoms with Crippen LogP contribution in [0.1, 0.15) is 6.92 Å². The van der Waals surface area contributed by atoms with E-state index in [1.807, 2.05) is 0 Å². The molecule has 1 unspecified atom stereocenters. The summed E-state index contributed by atoms with van der Waals surface area (Å²) in [6.45, 7) is 15.6. The van der Waals surface area contributed by atoms with Gasteiger partial charge in [-0.1, -0.05) is 33.1 Å². The molecule has 0 N–H and O–H groups in total. The molecule has 0 amide bonds. The van der Waals surface area contributed by atoms with Gasteiger partial charge in [0.1, 0.15) is 17.9 Å². The molecule has 0 spiro atoms. The molecule has 0 aromatic heterocycles. The molecule has 0 aliphatic rings. The van der Waals surface area contributed by atoms with Crippen molar-refractivity contribution < 1.29 is 0 Å². The summed E-state index contributed by atoms with van der Waals surface area (Å²) < 4.78 is 5.44. The lowest BCUT2D eigenvalue weighted by atomic mass is 10.8. The van der Waals surface area contributed by atoms with Gasteiger partial charge in [0, 0.05) is 0 Å². The fraction of sp³-hybridized carbons (Fsp3) is 1.00. The second-order valence-corrected chi connectivity index (χ2v) is 12.9. The highest BCUT2D eigenvalue weighted by Crippen LogP contribution is 2.06. The summed E-state index contributed by atoms with van der Waals surface area (Å²) in [5, 5.41) is 0. The zero-order valence-electron chi connectivity index (χ0n) is 10.2. The van der Waals surface area contributed by atoms with Crippen LogP contribution < -0.4 is 0 Å². The lowest BCUT2D eigenvalue weighted by Gasteiger charge is -2.38. The average Bonchev–Trinajstić information content (AvgIpc) is 2.01. The lowest BCUT2D eigenvalue weighted by molar-refractivity contribution is 0.529. The third-order valence-corrected chi connectivity index (χ3v) is 14.8. The first-order valence-corrected chi connectivity index (χ1v) is 12.1. The van der Waals surface area contributed by atoms with E-state index in [-0.39, 0.29) is 17.9 Å². The highest BCUT2D eigenvalue weighted by Gasteiger charge is 2.25. The van der Waals surface area contributed by atoms with Gasteiger partial charge in [-0.25, -0.2) is 0 Å². The fourth-order valence-electron chi connectivity index (χ4n) is 1.66. The van der Waals surface area contributed by atoms with E-state index in [9.17, 15) is 0 Å². The van der Waals surface area contributed by atoms with Crippen molar-refractivity contribution in [2.45, 2.75) is 39.7 Å². The average molecular weight is 233 g/mol. The highest BCUT2D eigenvalue weighted by atomic mass is 28.4. The minimum Gasteiger partial charge on any atom is -0.361 e. The molecule has 0 aromatic carbocycles. The molecule has 78 valence electrons. The Morgan fingerprint density at radius 2 is 1.46 bits per heavy atom. The van der Waals surface area contributed by atoms with Crippen LogP contribution in [-0.2, 0) is 0 Å². The molecule has 0 fully saturated rings. The maximum absolute atomic E-state index is 2.87. The van der Waals surface area contributed by atoms with E-state index in [0.717, 1.165) is 0 Å². The van der Waals surface area contributed by atoms with E-state index in [1.165, 1.54) is 6.54 Å². The molecule has 0 rings (SSSR count). The first-order chi connectivity index (χ1) is 5.91. The van der Waals surface area contributed by atoms with Crippen molar-refractivity contribution in [2.24, 2.45) is 0 Å². The van der Waals surface area contributed by atoms with Crippen LogP contribution in [0, 0.1) is 0 Å². The van der Waals surface area contributed by atoms with E-state index < -0.39 is 9.12 Å². The van der Waals surface area contributed by atoms with Crippen LogP contribution in [-0.4, -0.2) is 49.1 Å². The zero-order valence-corrected chi connectivity index (χ0v) is 13.3. The SMILES string of the molecule is CCN(C)[SiH](C)N([Si](C)C)[Si](C)C. The van der Waals surface area contributed by atoms with Crippen molar-refractivity contribution in [1.82, 2.24) is 8.46 Å². The third-order valence-electron chi connectivity index (χ3n) is 2.47. The Balaban J connectivity index is 4.36. The summed E-state index contributed by atoms with van der Waals surface area (Å²) >= 11 is 0. The molecule has 2 nitrogen and oxygen atoms in total. The van der Waals surface area contributed by atoms with Gasteiger partial charge < -0.3 is 8.46 Å². The topological polar surface area (TPSA) is 6.48 Å². The van der Waals surface area contributed by atoms with Crippen molar-refractivity contribution >= 4 is 27.0 Å². The predicted molar refractivity (Wildman–Crippen MR) is 68.1 cm³/mol. The van der Waals surface area contributed by atoms with E-state index in [1.54, 1.807) is 0 Å². The fourth-order valence-corrected chi connectivity index (χ4v) is 13.3. The van der Waals surface area contributed by atoms with Gasteiger partial charge in [-0.15, -0.1) is 0 Å². The van der Waals surface area contributed by atoms with Crippen molar-refractivity contribution in [3.8, 4) is 0 Å². The molecular weight excluding hydrogens is 208 g/mol. The molecule has 1 atom stereocenters. The Kier molecular flexibility index (Phi) is 6.40. The molecular formula is C8H24N2Si3. The molecule has 2 radical (unpaired) electrons. The van der Waals surface area contributed by atoms with Crippen LogP contribution in [0.4, 0.5) is 0 Å². The summed E-state index contributed by atoms with van der Waals surface area (Å²) in [5.41, 5.74) is 0. The van der Waals surface area contributed by atoms with Gasteiger partial charge in [0.05, 0.1) is 0 Å². The molecule has 0 heterocycles. The van der Waals surface area contributed by atoms with Gasteiger partial charge >= 0.3 is 0 Å². The molecule has 5 heteroatoms. The summed E-state index contributed by atoms with van der Waals surface area (Å²) in [4.78, 5) is 0.